The Balaban J connectivity index is 2.16. The highest BCUT2D eigenvalue weighted by Crippen LogP contribution is 2.33. The molecule has 0 aliphatic rings. The molecule has 0 fully saturated rings. The van der Waals surface area contributed by atoms with Crippen LogP contribution in [-0.4, -0.2) is 18.4 Å². The number of nitrogens with one attached hydrogen (secondary N) is 2. The zero-order valence-electron chi connectivity index (χ0n) is 10.8. The highest BCUT2D eigenvalue weighted by atomic mass is 79.9. The number of alkyl halides is 3. The highest BCUT2D eigenvalue weighted by molar-refractivity contribution is 9.10. The summed E-state index contributed by atoms with van der Waals surface area (Å²) in [4.78, 5) is 4.03. The van der Waals surface area contributed by atoms with E-state index in [1.54, 1.807) is 19.4 Å². The van der Waals surface area contributed by atoms with E-state index in [0.29, 0.717) is 11.4 Å². The lowest BCUT2D eigenvalue weighted by Gasteiger charge is -2.12. The van der Waals surface area contributed by atoms with Crippen LogP contribution in [0.15, 0.2) is 41.1 Å². The first-order chi connectivity index (χ1) is 9.87. The second-order valence-electron chi connectivity index (χ2n) is 4.03. The molecule has 2 rings (SSSR count). The maximum atomic E-state index is 12.2. The largest absolute Gasteiger partial charge is 0.573 e. The molecule has 4 nitrogen and oxygen atoms in total. The Bertz CT molecular complexity index is 634. The number of hydrogen-bond donors (Lipinski definition) is 2. The van der Waals surface area contributed by atoms with Gasteiger partial charge in [0.1, 0.15) is 5.75 Å². The number of halogens is 4. The molecular formula is C13H11BrF3N3O. The molecule has 21 heavy (non-hydrogen) atoms. The second-order valence-corrected chi connectivity index (χ2v) is 4.88. The Morgan fingerprint density at radius 3 is 2.43 bits per heavy atom. The first-order valence-corrected chi connectivity index (χ1v) is 6.62. The third-order valence-corrected chi connectivity index (χ3v) is 3.09. The van der Waals surface area contributed by atoms with E-state index in [1.165, 1.54) is 18.2 Å². The molecule has 0 saturated heterocycles. The first-order valence-electron chi connectivity index (χ1n) is 5.82. The predicted octanol–water partition coefficient (Wildman–Crippen LogP) is 4.53. The van der Waals surface area contributed by atoms with Crippen LogP contribution in [-0.2, 0) is 0 Å². The van der Waals surface area contributed by atoms with Crippen LogP contribution < -0.4 is 15.4 Å². The lowest BCUT2D eigenvalue weighted by molar-refractivity contribution is -0.274. The number of aromatic nitrogens is 1. The molecule has 0 saturated carbocycles. The van der Waals surface area contributed by atoms with E-state index >= 15 is 0 Å². The van der Waals surface area contributed by atoms with E-state index < -0.39 is 6.36 Å². The third kappa shape index (κ3) is 4.52. The molecule has 1 heterocycles. The average Bonchev–Trinajstić information content (AvgIpc) is 2.41. The molecule has 2 aromatic rings. The van der Waals surface area contributed by atoms with E-state index in [0.717, 1.165) is 5.69 Å². The monoisotopic (exact) mass is 361 g/mol. The summed E-state index contributed by atoms with van der Waals surface area (Å²) in [7, 11) is 1.76. The fourth-order valence-electron chi connectivity index (χ4n) is 1.60. The van der Waals surface area contributed by atoms with Gasteiger partial charge >= 0.3 is 6.36 Å². The molecule has 2 N–H and O–H groups in total. The van der Waals surface area contributed by atoms with Gasteiger partial charge in [0.15, 0.2) is 0 Å². The fourth-order valence-corrected chi connectivity index (χ4v) is 2.06. The van der Waals surface area contributed by atoms with Gasteiger partial charge in [-0.25, -0.2) is 0 Å². The predicted molar refractivity (Wildman–Crippen MR) is 77.9 cm³/mol. The molecule has 0 unspecified atom stereocenters. The number of anilines is 3. The van der Waals surface area contributed by atoms with Crippen molar-refractivity contribution in [2.24, 2.45) is 0 Å². The van der Waals surface area contributed by atoms with Crippen LogP contribution >= 0.6 is 15.9 Å². The Labute approximate surface area is 127 Å². The van der Waals surface area contributed by atoms with Gasteiger partial charge in [-0.15, -0.1) is 13.2 Å². The van der Waals surface area contributed by atoms with Crippen LogP contribution in [0.25, 0.3) is 0 Å². The number of rotatable bonds is 4. The summed E-state index contributed by atoms with van der Waals surface area (Å²) in [6.45, 7) is 0. The van der Waals surface area contributed by atoms with Crippen molar-refractivity contribution in [3.63, 3.8) is 0 Å². The minimum atomic E-state index is -4.72. The Morgan fingerprint density at radius 2 is 1.81 bits per heavy atom. The minimum absolute atomic E-state index is 0.197. The molecule has 0 spiro atoms. The van der Waals surface area contributed by atoms with Gasteiger partial charge in [-0.3, -0.25) is 4.98 Å². The highest BCUT2D eigenvalue weighted by Gasteiger charge is 2.31. The molecule has 8 heteroatoms. The van der Waals surface area contributed by atoms with Crippen molar-refractivity contribution in [3.8, 4) is 5.75 Å². The van der Waals surface area contributed by atoms with Crippen LogP contribution in [0.2, 0.25) is 0 Å². The van der Waals surface area contributed by atoms with Crippen molar-refractivity contribution in [3.05, 3.63) is 41.1 Å². The standard InChI is InChI=1S/C13H11BrF3N3O/c1-18-9-4-10(7-19-6-9)20-8-2-3-12(11(14)5-8)21-13(15,16)17/h2-7,18,20H,1H3. The summed E-state index contributed by atoms with van der Waals surface area (Å²) in [5, 5.41) is 5.98. The van der Waals surface area contributed by atoms with Crippen molar-refractivity contribution in [1.29, 1.82) is 0 Å². The molecule has 0 radical (unpaired) electrons. The summed E-state index contributed by atoms with van der Waals surface area (Å²) >= 11 is 3.05. The summed E-state index contributed by atoms with van der Waals surface area (Å²) in [6.07, 6.45) is -1.46. The number of benzene rings is 1. The van der Waals surface area contributed by atoms with Crippen LogP contribution in [0, 0.1) is 0 Å². The number of ether oxygens (including phenoxy) is 1. The Hall–Kier alpha value is -1.96. The minimum Gasteiger partial charge on any atom is -0.405 e. The molecule has 0 aliphatic heterocycles. The molecule has 0 bridgehead atoms. The molecule has 0 amide bonds. The van der Waals surface area contributed by atoms with E-state index in [2.05, 4.69) is 36.3 Å². The lowest BCUT2D eigenvalue weighted by atomic mass is 10.3. The molecule has 112 valence electrons. The van der Waals surface area contributed by atoms with Crippen LogP contribution in [0.1, 0.15) is 0 Å². The zero-order chi connectivity index (χ0) is 15.5. The molecule has 0 aliphatic carbocycles. The molecule has 0 atom stereocenters. The van der Waals surface area contributed by atoms with Gasteiger partial charge in [0.2, 0.25) is 0 Å². The van der Waals surface area contributed by atoms with Crippen molar-refractivity contribution in [1.82, 2.24) is 4.98 Å². The summed E-state index contributed by atoms with van der Waals surface area (Å²) in [5.74, 6) is -0.296. The molecular weight excluding hydrogens is 351 g/mol. The summed E-state index contributed by atoms with van der Waals surface area (Å²) in [5.41, 5.74) is 2.13. The number of nitrogens with zero attached hydrogens (tertiary/aromatic N) is 1. The number of hydrogen-bond acceptors (Lipinski definition) is 4. The van der Waals surface area contributed by atoms with Crippen LogP contribution in [0.3, 0.4) is 0 Å². The van der Waals surface area contributed by atoms with Gasteiger partial charge in [0, 0.05) is 12.7 Å². The van der Waals surface area contributed by atoms with E-state index in [1.807, 2.05) is 6.07 Å². The zero-order valence-corrected chi connectivity index (χ0v) is 12.4. The van der Waals surface area contributed by atoms with Crippen molar-refractivity contribution < 1.29 is 17.9 Å². The maximum Gasteiger partial charge on any atom is 0.573 e. The van der Waals surface area contributed by atoms with E-state index in [9.17, 15) is 13.2 Å². The van der Waals surface area contributed by atoms with Gasteiger partial charge in [0.25, 0.3) is 0 Å². The first kappa shape index (κ1) is 15.4. The Kier molecular flexibility index (Phi) is 4.56. The van der Waals surface area contributed by atoms with Crippen molar-refractivity contribution in [2.75, 3.05) is 17.7 Å². The van der Waals surface area contributed by atoms with Crippen LogP contribution in [0.4, 0.5) is 30.2 Å². The van der Waals surface area contributed by atoms with E-state index in [-0.39, 0.29) is 10.2 Å². The topological polar surface area (TPSA) is 46.2 Å². The SMILES string of the molecule is CNc1cncc(Nc2ccc(OC(F)(F)F)c(Br)c2)c1. The smallest absolute Gasteiger partial charge is 0.405 e. The average molecular weight is 362 g/mol. The third-order valence-electron chi connectivity index (χ3n) is 2.47. The van der Waals surface area contributed by atoms with Gasteiger partial charge in [-0.05, 0) is 40.2 Å². The molecule has 1 aromatic heterocycles. The second kappa shape index (κ2) is 6.21. The Morgan fingerprint density at radius 1 is 1.10 bits per heavy atom. The lowest BCUT2D eigenvalue weighted by Crippen LogP contribution is -2.17. The van der Waals surface area contributed by atoms with Gasteiger partial charge in [-0.1, -0.05) is 0 Å². The van der Waals surface area contributed by atoms with Gasteiger partial charge in [0.05, 0.1) is 28.2 Å². The van der Waals surface area contributed by atoms with Gasteiger partial charge in [-0.2, -0.15) is 0 Å². The summed E-state index contributed by atoms with van der Waals surface area (Å²) < 4.78 is 40.6. The van der Waals surface area contributed by atoms with Crippen molar-refractivity contribution >= 4 is 33.0 Å². The quantitative estimate of drug-likeness (QED) is 0.839. The van der Waals surface area contributed by atoms with Gasteiger partial charge < -0.3 is 15.4 Å². The van der Waals surface area contributed by atoms with E-state index in [4.69, 9.17) is 0 Å². The molecule has 1 aromatic carbocycles. The summed E-state index contributed by atoms with van der Waals surface area (Å²) in [6, 6.07) is 6.03. The fraction of sp³-hybridized carbons (Fsp3) is 0.154. The van der Waals surface area contributed by atoms with Crippen LogP contribution in [0.5, 0.6) is 5.75 Å². The maximum absolute atomic E-state index is 12.2. The number of pyridine rings is 1. The van der Waals surface area contributed by atoms with Crippen molar-refractivity contribution in [2.45, 2.75) is 6.36 Å². The normalized spacial score (nSPS) is 11.1.